The molecular formula is C9H6BrN3O. The van der Waals surface area contributed by atoms with E-state index in [9.17, 15) is 4.79 Å². The molecule has 70 valence electrons. The van der Waals surface area contributed by atoms with Crippen molar-refractivity contribution in [1.82, 2.24) is 15.2 Å². The average Bonchev–Trinajstić information content (AvgIpc) is 2.67. The SMILES string of the molecule is O=Cc1cc(-c2ccc(Br)nc2)n[nH]1. The summed E-state index contributed by atoms with van der Waals surface area (Å²) in [6.45, 7) is 0. The molecule has 1 N–H and O–H groups in total. The largest absolute Gasteiger partial charge is 0.296 e. The van der Waals surface area contributed by atoms with Gasteiger partial charge in [0.2, 0.25) is 0 Å². The summed E-state index contributed by atoms with van der Waals surface area (Å²) in [6, 6.07) is 5.38. The summed E-state index contributed by atoms with van der Waals surface area (Å²) in [4.78, 5) is 14.5. The van der Waals surface area contributed by atoms with Crippen molar-refractivity contribution in [3.8, 4) is 11.3 Å². The lowest BCUT2D eigenvalue weighted by atomic mass is 10.2. The van der Waals surface area contributed by atoms with Crippen molar-refractivity contribution in [2.75, 3.05) is 0 Å². The Bertz CT molecular complexity index is 449. The third kappa shape index (κ3) is 1.72. The highest BCUT2D eigenvalue weighted by Crippen LogP contribution is 2.17. The molecule has 2 aromatic heterocycles. The Hall–Kier alpha value is -1.49. The number of aldehydes is 1. The van der Waals surface area contributed by atoms with Gasteiger partial charge in [0.25, 0.3) is 0 Å². The fourth-order valence-corrected chi connectivity index (χ4v) is 1.31. The molecule has 2 aromatic rings. The summed E-state index contributed by atoms with van der Waals surface area (Å²) >= 11 is 3.24. The zero-order valence-corrected chi connectivity index (χ0v) is 8.65. The number of hydrogen-bond acceptors (Lipinski definition) is 3. The molecule has 5 heteroatoms. The normalized spacial score (nSPS) is 10.1. The smallest absolute Gasteiger partial charge is 0.167 e. The molecular weight excluding hydrogens is 246 g/mol. The number of carbonyl (C=O) groups excluding carboxylic acids is 1. The molecule has 0 atom stereocenters. The predicted molar refractivity (Wildman–Crippen MR) is 54.9 cm³/mol. The van der Waals surface area contributed by atoms with E-state index in [4.69, 9.17) is 0 Å². The van der Waals surface area contributed by atoms with Crippen LogP contribution in [-0.2, 0) is 0 Å². The maximum absolute atomic E-state index is 10.4. The summed E-state index contributed by atoms with van der Waals surface area (Å²) in [7, 11) is 0. The Balaban J connectivity index is 2.39. The van der Waals surface area contributed by atoms with Gasteiger partial charge in [-0.1, -0.05) is 0 Å². The van der Waals surface area contributed by atoms with Crippen molar-refractivity contribution in [3.63, 3.8) is 0 Å². The van der Waals surface area contributed by atoms with Crippen molar-refractivity contribution in [2.45, 2.75) is 0 Å². The monoisotopic (exact) mass is 251 g/mol. The van der Waals surface area contributed by atoms with Gasteiger partial charge >= 0.3 is 0 Å². The van der Waals surface area contributed by atoms with Gasteiger partial charge < -0.3 is 0 Å². The van der Waals surface area contributed by atoms with Gasteiger partial charge in [-0.15, -0.1) is 0 Å². The standard InChI is InChI=1S/C9H6BrN3O/c10-9-2-1-6(4-11-9)8-3-7(5-14)12-13-8/h1-5H,(H,12,13). The number of H-pyrrole nitrogens is 1. The van der Waals surface area contributed by atoms with Crippen LogP contribution < -0.4 is 0 Å². The minimum absolute atomic E-state index is 0.461. The summed E-state index contributed by atoms with van der Waals surface area (Å²) in [5.74, 6) is 0. The van der Waals surface area contributed by atoms with Gasteiger partial charge in [0.05, 0.1) is 11.4 Å². The maximum atomic E-state index is 10.4. The summed E-state index contributed by atoms with van der Waals surface area (Å²) in [5.41, 5.74) is 2.05. The maximum Gasteiger partial charge on any atom is 0.167 e. The molecule has 0 saturated heterocycles. The molecule has 0 bridgehead atoms. The third-order valence-electron chi connectivity index (χ3n) is 1.75. The van der Waals surface area contributed by atoms with Crippen LogP contribution in [0.3, 0.4) is 0 Å². The van der Waals surface area contributed by atoms with Crippen LogP contribution in [-0.4, -0.2) is 21.5 Å². The Morgan fingerprint density at radius 2 is 2.29 bits per heavy atom. The van der Waals surface area contributed by atoms with E-state index in [0.29, 0.717) is 11.4 Å². The van der Waals surface area contributed by atoms with E-state index in [0.717, 1.165) is 16.5 Å². The van der Waals surface area contributed by atoms with Crippen LogP contribution in [0.1, 0.15) is 10.5 Å². The van der Waals surface area contributed by atoms with Crippen LogP contribution in [0.4, 0.5) is 0 Å². The van der Waals surface area contributed by atoms with Crippen LogP contribution in [0.2, 0.25) is 0 Å². The molecule has 0 amide bonds. The van der Waals surface area contributed by atoms with Gasteiger partial charge in [-0.05, 0) is 34.1 Å². The van der Waals surface area contributed by atoms with Crippen molar-refractivity contribution in [2.24, 2.45) is 0 Å². The van der Waals surface area contributed by atoms with Crippen LogP contribution in [0, 0.1) is 0 Å². The van der Waals surface area contributed by atoms with E-state index in [1.165, 1.54) is 0 Å². The lowest BCUT2D eigenvalue weighted by Gasteiger charge is -1.94. The molecule has 0 aromatic carbocycles. The van der Waals surface area contributed by atoms with E-state index in [1.54, 1.807) is 12.3 Å². The zero-order chi connectivity index (χ0) is 9.97. The van der Waals surface area contributed by atoms with Crippen LogP contribution in [0.5, 0.6) is 0 Å². The summed E-state index contributed by atoms with van der Waals surface area (Å²) < 4.78 is 0.771. The molecule has 0 fully saturated rings. The number of pyridine rings is 1. The van der Waals surface area contributed by atoms with E-state index < -0.39 is 0 Å². The molecule has 0 spiro atoms. The first-order chi connectivity index (χ1) is 6.79. The summed E-state index contributed by atoms with van der Waals surface area (Å²) in [6.07, 6.45) is 2.41. The number of carbonyl (C=O) groups is 1. The van der Waals surface area contributed by atoms with Gasteiger partial charge in [0.15, 0.2) is 6.29 Å². The van der Waals surface area contributed by atoms with E-state index >= 15 is 0 Å². The van der Waals surface area contributed by atoms with Crippen molar-refractivity contribution < 1.29 is 4.79 Å². The fourth-order valence-electron chi connectivity index (χ4n) is 1.07. The van der Waals surface area contributed by atoms with Gasteiger partial charge in [0, 0.05) is 11.8 Å². The Morgan fingerprint density at radius 3 is 2.86 bits per heavy atom. The topological polar surface area (TPSA) is 58.6 Å². The lowest BCUT2D eigenvalue weighted by molar-refractivity contribution is 0.111. The fraction of sp³-hybridized carbons (Fsp3) is 0. The molecule has 0 aliphatic rings. The molecule has 2 rings (SSSR count). The second kappa shape index (κ2) is 3.71. The molecule has 0 aliphatic heterocycles. The van der Waals surface area contributed by atoms with Crippen LogP contribution in [0.25, 0.3) is 11.3 Å². The third-order valence-corrected chi connectivity index (χ3v) is 2.22. The number of hydrogen-bond donors (Lipinski definition) is 1. The molecule has 4 nitrogen and oxygen atoms in total. The minimum atomic E-state index is 0.461. The second-order valence-corrected chi connectivity index (χ2v) is 3.51. The van der Waals surface area contributed by atoms with Gasteiger partial charge in [-0.25, -0.2) is 4.98 Å². The molecule has 2 heterocycles. The number of aromatic amines is 1. The first kappa shape index (κ1) is 9.08. The quantitative estimate of drug-likeness (QED) is 0.657. The highest BCUT2D eigenvalue weighted by Gasteiger charge is 2.02. The number of rotatable bonds is 2. The van der Waals surface area contributed by atoms with Gasteiger partial charge in [0.1, 0.15) is 4.60 Å². The number of nitrogens with zero attached hydrogens (tertiary/aromatic N) is 2. The average molecular weight is 252 g/mol. The molecule has 0 saturated carbocycles. The molecule has 0 radical (unpaired) electrons. The van der Waals surface area contributed by atoms with Crippen molar-refractivity contribution in [3.05, 3.63) is 34.7 Å². The first-order valence-corrected chi connectivity index (χ1v) is 4.71. The van der Waals surface area contributed by atoms with Crippen LogP contribution in [0.15, 0.2) is 29.0 Å². The number of aromatic nitrogens is 3. The van der Waals surface area contributed by atoms with E-state index in [-0.39, 0.29) is 0 Å². The summed E-state index contributed by atoms with van der Waals surface area (Å²) in [5, 5.41) is 6.59. The van der Waals surface area contributed by atoms with Gasteiger partial charge in [-0.3, -0.25) is 9.89 Å². The predicted octanol–water partition coefficient (Wildman–Crippen LogP) is 2.05. The Labute approximate surface area is 88.5 Å². The highest BCUT2D eigenvalue weighted by atomic mass is 79.9. The molecule has 0 aliphatic carbocycles. The number of halogens is 1. The molecule has 0 unspecified atom stereocenters. The first-order valence-electron chi connectivity index (χ1n) is 3.92. The highest BCUT2D eigenvalue weighted by molar-refractivity contribution is 9.10. The Kier molecular flexibility index (Phi) is 2.41. The van der Waals surface area contributed by atoms with Crippen molar-refractivity contribution >= 4 is 22.2 Å². The van der Waals surface area contributed by atoms with Gasteiger partial charge in [-0.2, -0.15) is 5.10 Å². The minimum Gasteiger partial charge on any atom is -0.296 e. The van der Waals surface area contributed by atoms with E-state index in [1.807, 2.05) is 12.1 Å². The zero-order valence-electron chi connectivity index (χ0n) is 7.07. The Morgan fingerprint density at radius 1 is 1.43 bits per heavy atom. The molecule has 14 heavy (non-hydrogen) atoms. The lowest BCUT2D eigenvalue weighted by Crippen LogP contribution is -1.80. The number of nitrogens with one attached hydrogen (secondary N) is 1. The van der Waals surface area contributed by atoms with Crippen LogP contribution >= 0.6 is 15.9 Å². The van der Waals surface area contributed by atoms with Crippen molar-refractivity contribution in [1.29, 1.82) is 0 Å². The van der Waals surface area contributed by atoms with E-state index in [2.05, 4.69) is 31.1 Å². The second-order valence-electron chi connectivity index (χ2n) is 2.70.